The van der Waals surface area contributed by atoms with Crippen LogP contribution in [0.5, 0.6) is 0 Å². The third-order valence-electron chi connectivity index (χ3n) is 4.10. The molecule has 1 heterocycles. The summed E-state index contributed by atoms with van der Waals surface area (Å²) in [5.74, 6) is 0.0494. The van der Waals surface area contributed by atoms with Gasteiger partial charge in [0.25, 0.3) is 0 Å². The standard InChI is InChI=1S/C17H22N2O4/c1-12(16(20)18-9-4-10-22-11-13-7-8-13)19-14-5-2-3-6-15(14)23-17(19)21/h2-3,5-6,12-13H,4,7-11H2,1H3,(H,18,20). The SMILES string of the molecule is CC(C(=O)NCCCOCC1CC1)n1c(=O)oc2ccccc21. The van der Waals surface area contributed by atoms with Crippen molar-refractivity contribution in [3.63, 3.8) is 0 Å². The lowest BCUT2D eigenvalue weighted by atomic mass is 10.2. The summed E-state index contributed by atoms with van der Waals surface area (Å²) >= 11 is 0. The minimum atomic E-state index is -0.612. The molecule has 1 unspecified atom stereocenters. The molecule has 6 heteroatoms. The van der Waals surface area contributed by atoms with Gasteiger partial charge in [-0.15, -0.1) is 0 Å². The van der Waals surface area contributed by atoms with Crippen molar-refractivity contribution < 1.29 is 13.9 Å². The first kappa shape index (κ1) is 15.8. The van der Waals surface area contributed by atoms with E-state index in [2.05, 4.69) is 5.32 Å². The molecule has 0 bridgehead atoms. The number of oxazole rings is 1. The zero-order valence-electron chi connectivity index (χ0n) is 13.3. The van der Waals surface area contributed by atoms with Gasteiger partial charge in [-0.3, -0.25) is 9.36 Å². The quantitative estimate of drug-likeness (QED) is 0.756. The molecule has 1 N–H and O–H groups in total. The Morgan fingerprint density at radius 2 is 2.22 bits per heavy atom. The number of nitrogens with one attached hydrogen (secondary N) is 1. The van der Waals surface area contributed by atoms with E-state index in [1.807, 2.05) is 6.07 Å². The number of ether oxygens (including phenoxy) is 1. The molecule has 2 aromatic rings. The molecule has 1 aliphatic carbocycles. The van der Waals surface area contributed by atoms with Crippen LogP contribution in [0.1, 0.15) is 32.2 Å². The highest BCUT2D eigenvalue weighted by molar-refractivity contribution is 5.82. The van der Waals surface area contributed by atoms with Crippen LogP contribution in [0.4, 0.5) is 0 Å². The first-order chi connectivity index (χ1) is 11.2. The average molecular weight is 318 g/mol. The van der Waals surface area contributed by atoms with Gasteiger partial charge in [0.15, 0.2) is 5.58 Å². The maximum Gasteiger partial charge on any atom is 0.420 e. The van der Waals surface area contributed by atoms with E-state index in [-0.39, 0.29) is 5.91 Å². The molecule has 0 aliphatic heterocycles. The molecule has 0 spiro atoms. The lowest BCUT2D eigenvalue weighted by Crippen LogP contribution is -2.35. The zero-order chi connectivity index (χ0) is 16.2. The fourth-order valence-corrected chi connectivity index (χ4v) is 2.54. The van der Waals surface area contributed by atoms with Gasteiger partial charge in [-0.2, -0.15) is 0 Å². The predicted molar refractivity (Wildman–Crippen MR) is 86.4 cm³/mol. The first-order valence-electron chi connectivity index (χ1n) is 8.12. The monoisotopic (exact) mass is 318 g/mol. The van der Waals surface area contributed by atoms with E-state index in [1.165, 1.54) is 17.4 Å². The number of amides is 1. The van der Waals surface area contributed by atoms with Crippen LogP contribution in [0.3, 0.4) is 0 Å². The molecule has 1 aromatic carbocycles. The van der Waals surface area contributed by atoms with Gasteiger partial charge in [0.1, 0.15) is 6.04 Å². The molecule has 1 amide bonds. The fraction of sp³-hybridized carbons (Fsp3) is 0.529. The van der Waals surface area contributed by atoms with Crippen LogP contribution in [0.15, 0.2) is 33.5 Å². The van der Waals surface area contributed by atoms with Crippen LogP contribution in [-0.2, 0) is 9.53 Å². The number of hydrogen-bond donors (Lipinski definition) is 1. The van der Waals surface area contributed by atoms with Gasteiger partial charge in [-0.25, -0.2) is 4.79 Å². The van der Waals surface area contributed by atoms with E-state index in [0.717, 1.165) is 18.9 Å². The zero-order valence-corrected chi connectivity index (χ0v) is 13.3. The van der Waals surface area contributed by atoms with Crippen molar-refractivity contribution in [1.29, 1.82) is 0 Å². The summed E-state index contributed by atoms with van der Waals surface area (Å²) in [6, 6.07) is 6.49. The van der Waals surface area contributed by atoms with Crippen molar-refractivity contribution >= 4 is 17.0 Å². The molecule has 0 radical (unpaired) electrons. The van der Waals surface area contributed by atoms with Crippen LogP contribution in [0, 0.1) is 5.92 Å². The smallest absolute Gasteiger partial charge is 0.408 e. The van der Waals surface area contributed by atoms with E-state index in [4.69, 9.17) is 9.15 Å². The second-order valence-electron chi connectivity index (χ2n) is 6.04. The maximum absolute atomic E-state index is 12.2. The molecule has 0 saturated heterocycles. The van der Waals surface area contributed by atoms with E-state index in [9.17, 15) is 9.59 Å². The number of fused-ring (bicyclic) bond motifs is 1. The van der Waals surface area contributed by atoms with E-state index < -0.39 is 11.8 Å². The third kappa shape index (κ3) is 3.82. The molecule has 124 valence electrons. The molecule has 1 fully saturated rings. The van der Waals surface area contributed by atoms with Gasteiger partial charge >= 0.3 is 5.76 Å². The normalized spacial score (nSPS) is 15.7. The Hall–Kier alpha value is -2.08. The van der Waals surface area contributed by atoms with Crippen LogP contribution < -0.4 is 11.1 Å². The number of benzene rings is 1. The van der Waals surface area contributed by atoms with Crippen LogP contribution in [0.25, 0.3) is 11.1 Å². The lowest BCUT2D eigenvalue weighted by molar-refractivity contribution is -0.123. The van der Waals surface area contributed by atoms with Crippen LogP contribution in [0.2, 0.25) is 0 Å². The molecular weight excluding hydrogens is 296 g/mol. The topological polar surface area (TPSA) is 73.5 Å². The largest absolute Gasteiger partial charge is 0.420 e. The summed E-state index contributed by atoms with van der Waals surface area (Å²) in [7, 11) is 0. The highest BCUT2D eigenvalue weighted by Crippen LogP contribution is 2.28. The molecule has 1 atom stereocenters. The van der Waals surface area contributed by atoms with Gasteiger partial charge < -0.3 is 14.5 Å². The van der Waals surface area contributed by atoms with Crippen molar-refractivity contribution in [3.05, 3.63) is 34.8 Å². The number of carbonyl (C=O) groups is 1. The predicted octanol–water partition coefficient (Wildman–Crippen LogP) is 2.09. The molecule has 1 aliphatic rings. The summed E-state index contributed by atoms with van der Waals surface area (Å²) in [5.41, 5.74) is 1.12. The maximum atomic E-state index is 12.2. The number of para-hydroxylation sites is 2. The summed E-state index contributed by atoms with van der Waals surface area (Å²) in [5, 5.41) is 2.85. The number of rotatable bonds is 8. The minimum absolute atomic E-state index is 0.194. The Kier molecular flexibility index (Phi) is 4.81. The van der Waals surface area contributed by atoms with Gasteiger partial charge in [0.05, 0.1) is 5.52 Å². The van der Waals surface area contributed by atoms with Gasteiger partial charge in [0.2, 0.25) is 5.91 Å². The molecule has 3 rings (SSSR count). The number of carbonyl (C=O) groups excluding carboxylic acids is 1. The Bertz CT molecular complexity index is 730. The Morgan fingerprint density at radius 3 is 3.00 bits per heavy atom. The van der Waals surface area contributed by atoms with E-state index in [0.29, 0.717) is 24.3 Å². The van der Waals surface area contributed by atoms with Gasteiger partial charge in [0, 0.05) is 19.8 Å². The Labute approximate surface area is 134 Å². The average Bonchev–Trinajstić information content (AvgIpc) is 3.30. The minimum Gasteiger partial charge on any atom is -0.408 e. The van der Waals surface area contributed by atoms with Crippen molar-refractivity contribution in [3.8, 4) is 0 Å². The number of nitrogens with zero attached hydrogens (tertiary/aromatic N) is 1. The van der Waals surface area contributed by atoms with Crippen molar-refractivity contribution in [2.24, 2.45) is 5.92 Å². The molecule has 23 heavy (non-hydrogen) atoms. The first-order valence-corrected chi connectivity index (χ1v) is 8.12. The lowest BCUT2D eigenvalue weighted by Gasteiger charge is -2.13. The Balaban J connectivity index is 1.51. The van der Waals surface area contributed by atoms with Crippen molar-refractivity contribution in [1.82, 2.24) is 9.88 Å². The number of hydrogen-bond acceptors (Lipinski definition) is 4. The Morgan fingerprint density at radius 1 is 1.43 bits per heavy atom. The van der Waals surface area contributed by atoms with Crippen LogP contribution >= 0.6 is 0 Å². The summed E-state index contributed by atoms with van der Waals surface area (Å²) in [6.45, 7) is 3.72. The highest BCUT2D eigenvalue weighted by Gasteiger charge is 2.22. The summed E-state index contributed by atoms with van der Waals surface area (Å²) < 4.78 is 12.1. The second-order valence-corrected chi connectivity index (χ2v) is 6.04. The third-order valence-corrected chi connectivity index (χ3v) is 4.10. The number of aromatic nitrogens is 1. The second kappa shape index (κ2) is 7.00. The van der Waals surface area contributed by atoms with Crippen LogP contribution in [-0.4, -0.2) is 30.2 Å². The molecular formula is C17H22N2O4. The van der Waals surface area contributed by atoms with Crippen molar-refractivity contribution in [2.75, 3.05) is 19.8 Å². The highest BCUT2D eigenvalue weighted by atomic mass is 16.5. The molecule has 1 saturated carbocycles. The molecule has 6 nitrogen and oxygen atoms in total. The molecule has 1 aromatic heterocycles. The van der Waals surface area contributed by atoms with E-state index >= 15 is 0 Å². The van der Waals surface area contributed by atoms with Gasteiger partial charge in [-0.05, 0) is 44.2 Å². The summed E-state index contributed by atoms with van der Waals surface area (Å²) in [4.78, 5) is 24.2. The van der Waals surface area contributed by atoms with Crippen molar-refractivity contribution in [2.45, 2.75) is 32.2 Å². The van der Waals surface area contributed by atoms with E-state index in [1.54, 1.807) is 25.1 Å². The fourth-order valence-electron chi connectivity index (χ4n) is 2.54. The van der Waals surface area contributed by atoms with Gasteiger partial charge in [-0.1, -0.05) is 12.1 Å². The summed E-state index contributed by atoms with van der Waals surface area (Å²) in [6.07, 6.45) is 3.33.